The summed E-state index contributed by atoms with van der Waals surface area (Å²) in [6.45, 7) is 0.749. The molecule has 0 saturated carbocycles. The van der Waals surface area contributed by atoms with Crippen LogP contribution in [-0.4, -0.2) is 22.3 Å². The summed E-state index contributed by atoms with van der Waals surface area (Å²) in [5.41, 5.74) is 1.64. The van der Waals surface area contributed by atoms with E-state index in [4.69, 9.17) is 23.2 Å². The van der Waals surface area contributed by atoms with E-state index >= 15 is 0 Å². The van der Waals surface area contributed by atoms with Gasteiger partial charge in [-0.2, -0.15) is 0 Å². The van der Waals surface area contributed by atoms with Crippen LogP contribution in [-0.2, 0) is 0 Å². The molecule has 2 aromatic rings. The van der Waals surface area contributed by atoms with E-state index in [1.54, 1.807) is 12.1 Å². The van der Waals surface area contributed by atoms with Gasteiger partial charge in [0.25, 0.3) is 5.91 Å². The van der Waals surface area contributed by atoms with Crippen molar-refractivity contribution >= 4 is 29.1 Å². The van der Waals surface area contributed by atoms with Gasteiger partial charge >= 0.3 is 0 Å². The summed E-state index contributed by atoms with van der Waals surface area (Å²) in [4.78, 5) is 18.5. The van der Waals surface area contributed by atoms with Gasteiger partial charge in [-0.15, -0.1) is 0 Å². The van der Waals surface area contributed by atoms with Crippen molar-refractivity contribution in [2.45, 2.75) is 18.9 Å². The number of likely N-dealkylation sites (tertiary alicyclic amines) is 1. The number of benzene rings is 1. The Bertz CT molecular complexity index is 658. The molecule has 1 aromatic carbocycles. The third-order valence-electron chi connectivity index (χ3n) is 3.72. The summed E-state index contributed by atoms with van der Waals surface area (Å²) in [7, 11) is 0. The number of pyridine rings is 1. The van der Waals surface area contributed by atoms with Crippen molar-refractivity contribution in [1.82, 2.24) is 9.88 Å². The molecule has 1 aliphatic rings. The zero-order chi connectivity index (χ0) is 14.8. The van der Waals surface area contributed by atoms with Crippen LogP contribution < -0.4 is 0 Å². The van der Waals surface area contributed by atoms with Crippen LogP contribution >= 0.6 is 23.2 Å². The fourth-order valence-electron chi connectivity index (χ4n) is 2.74. The highest BCUT2D eigenvalue weighted by Gasteiger charge is 2.30. The minimum absolute atomic E-state index is 0.0124. The van der Waals surface area contributed by atoms with Crippen LogP contribution in [0.15, 0.2) is 42.6 Å². The number of carbonyl (C=O) groups excluding carboxylic acids is 1. The summed E-state index contributed by atoms with van der Waals surface area (Å²) in [6, 6.07) is 11.1. The number of carbonyl (C=O) groups is 1. The first-order chi connectivity index (χ1) is 10.1. The third kappa shape index (κ3) is 3.04. The molecule has 0 bridgehead atoms. The lowest BCUT2D eigenvalue weighted by atomic mass is 10.0. The Morgan fingerprint density at radius 2 is 2.10 bits per heavy atom. The highest BCUT2D eigenvalue weighted by molar-refractivity contribution is 6.30. The second-order valence-corrected chi connectivity index (χ2v) is 5.90. The van der Waals surface area contributed by atoms with E-state index in [0.717, 1.165) is 24.9 Å². The maximum absolute atomic E-state index is 12.6. The quantitative estimate of drug-likeness (QED) is 0.770. The Labute approximate surface area is 133 Å². The molecule has 108 valence electrons. The van der Waals surface area contributed by atoms with Crippen molar-refractivity contribution < 1.29 is 4.79 Å². The van der Waals surface area contributed by atoms with E-state index in [9.17, 15) is 4.79 Å². The van der Waals surface area contributed by atoms with Crippen LogP contribution in [0.1, 0.15) is 34.8 Å². The number of hydrogen-bond donors (Lipinski definition) is 0. The van der Waals surface area contributed by atoms with Crippen molar-refractivity contribution in [3.63, 3.8) is 0 Å². The van der Waals surface area contributed by atoms with E-state index < -0.39 is 0 Å². The number of aromatic nitrogens is 1. The molecule has 0 N–H and O–H groups in total. The summed E-state index contributed by atoms with van der Waals surface area (Å²) in [5.74, 6) is -0.0124. The fraction of sp³-hybridized carbons (Fsp3) is 0.250. The molecule has 0 radical (unpaired) electrons. The highest BCUT2D eigenvalue weighted by Crippen LogP contribution is 2.34. The highest BCUT2D eigenvalue weighted by atomic mass is 35.5. The summed E-state index contributed by atoms with van der Waals surface area (Å²) in [5, 5.41) is 1.08. The number of amides is 1. The molecule has 0 aliphatic carbocycles. The third-order valence-corrected chi connectivity index (χ3v) is 4.18. The average molecular weight is 321 g/mol. The average Bonchev–Trinajstić information content (AvgIpc) is 2.97. The smallest absolute Gasteiger partial charge is 0.255 e. The molecule has 1 atom stereocenters. The zero-order valence-corrected chi connectivity index (χ0v) is 12.8. The van der Waals surface area contributed by atoms with Crippen LogP contribution in [0.3, 0.4) is 0 Å². The molecule has 3 nitrogen and oxygen atoms in total. The lowest BCUT2D eigenvalue weighted by Crippen LogP contribution is -2.30. The predicted octanol–water partition coefficient (Wildman–Crippen LogP) is 4.37. The molecule has 0 spiro atoms. The van der Waals surface area contributed by atoms with Crippen molar-refractivity contribution in [3.8, 4) is 0 Å². The summed E-state index contributed by atoms with van der Waals surface area (Å²) in [6.07, 6.45) is 3.47. The van der Waals surface area contributed by atoms with Crippen LogP contribution in [0, 0.1) is 0 Å². The van der Waals surface area contributed by atoms with Crippen molar-refractivity contribution in [2.24, 2.45) is 0 Å². The van der Waals surface area contributed by atoms with Gasteiger partial charge in [0.1, 0.15) is 5.15 Å². The maximum atomic E-state index is 12.6. The van der Waals surface area contributed by atoms with Crippen LogP contribution in [0.25, 0.3) is 0 Å². The van der Waals surface area contributed by atoms with Crippen molar-refractivity contribution in [1.29, 1.82) is 0 Å². The molecule has 1 aliphatic heterocycles. The molecule has 1 unspecified atom stereocenters. The second-order valence-electron chi connectivity index (χ2n) is 5.08. The Balaban J connectivity index is 1.87. The predicted molar refractivity (Wildman–Crippen MR) is 83.7 cm³/mol. The van der Waals surface area contributed by atoms with Gasteiger partial charge in [0.15, 0.2) is 0 Å². The zero-order valence-electron chi connectivity index (χ0n) is 11.3. The number of hydrogen-bond acceptors (Lipinski definition) is 2. The molecule has 1 aromatic heterocycles. The molecule has 1 saturated heterocycles. The van der Waals surface area contributed by atoms with E-state index in [2.05, 4.69) is 4.98 Å². The van der Waals surface area contributed by atoms with Crippen LogP contribution in [0.4, 0.5) is 0 Å². The Morgan fingerprint density at radius 3 is 2.81 bits per heavy atom. The summed E-state index contributed by atoms with van der Waals surface area (Å²) < 4.78 is 0. The first kappa shape index (κ1) is 14.4. The second kappa shape index (κ2) is 6.04. The monoisotopic (exact) mass is 320 g/mol. The van der Waals surface area contributed by atoms with Gasteiger partial charge in [-0.3, -0.25) is 4.79 Å². The lowest BCUT2D eigenvalue weighted by molar-refractivity contribution is 0.0735. The Kier molecular flexibility index (Phi) is 4.13. The van der Waals surface area contributed by atoms with E-state index in [-0.39, 0.29) is 11.9 Å². The largest absolute Gasteiger partial charge is 0.332 e. The molecule has 1 amide bonds. The minimum Gasteiger partial charge on any atom is -0.332 e. The van der Waals surface area contributed by atoms with Gasteiger partial charge in [0.05, 0.1) is 11.6 Å². The standard InChI is InChI=1S/C16H14Cl2N2O/c17-13-4-1-3-11(9-13)14-5-2-8-20(14)16(21)12-6-7-15(18)19-10-12/h1,3-4,6-7,9-10,14H,2,5,8H2. The topological polar surface area (TPSA) is 33.2 Å². The molecular formula is C16H14Cl2N2O. The van der Waals surface area contributed by atoms with E-state index in [0.29, 0.717) is 15.7 Å². The van der Waals surface area contributed by atoms with E-state index in [1.807, 2.05) is 29.2 Å². The minimum atomic E-state index is -0.0124. The molecular weight excluding hydrogens is 307 g/mol. The normalized spacial score (nSPS) is 18.0. The van der Waals surface area contributed by atoms with Gasteiger partial charge in [-0.1, -0.05) is 35.3 Å². The van der Waals surface area contributed by atoms with Gasteiger partial charge in [0, 0.05) is 17.8 Å². The van der Waals surface area contributed by atoms with Crippen molar-refractivity contribution in [2.75, 3.05) is 6.54 Å². The number of rotatable bonds is 2. The first-order valence-electron chi connectivity index (χ1n) is 6.83. The molecule has 2 heterocycles. The SMILES string of the molecule is O=C(c1ccc(Cl)nc1)N1CCCC1c1cccc(Cl)c1. The van der Waals surface area contributed by atoms with Gasteiger partial charge in [-0.05, 0) is 42.7 Å². The van der Waals surface area contributed by atoms with Crippen LogP contribution in [0.5, 0.6) is 0 Å². The van der Waals surface area contributed by atoms with Crippen molar-refractivity contribution in [3.05, 3.63) is 63.9 Å². The Hall–Kier alpha value is -1.58. The molecule has 5 heteroatoms. The fourth-order valence-corrected chi connectivity index (χ4v) is 3.05. The van der Waals surface area contributed by atoms with Gasteiger partial charge in [0.2, 0.25) is 0 Å². The van der Waals surface area contributed by atoms with E-state index in [1.165, 1.54) is 6.20 Å². The van der Waals surface area contributed by atoms with Gasteiger partial charge < -0.3 is 4.90 Å². The molecule has 21 heavy (non-hydrogen) atoms. The summed E-state index contributed by atoms with van der Waals surface area (Å²) >= 11 is 11.8. The Morgan fingerprint density at radius 1 is 1.24 bits per heavy atom. The van der Waals surface area contributed by atoms with Crippen LogP contribution in [0.2, 0.25) is 10.2 Å². The maximum Gasteiger partial charge on any atom is 0.255 e. The molecule has 3 rings (SSSR count). The molecule has 1 fully saturated rings. The lowest BCUT2D eigenvalue weighted by Gasteiger charge is -2.25. The number of nitrogens with zero attached hydrogens (tertiary/aromatic N) is 2. The number of halogens is 2. The van der Waals surface area contributed by atoms with Gasteiger partial charge in [-0.25, -0.2) is 4.98 Å². The first-order valence-corrected chi connectivity index (χ1v) is 7.59.